The Bertz CT molecular complexity index is 484. The molecule has 70 valence electrons. The van der Waals surface area contributed by atoms with Crippen LogP contribution in [0.3, 0.4) is 0 Å². The number of nitrogens with zero attached hydrogens (tertiary/aromatic N) is 1. The summed E-state index contributed by atoms with van der Waals surface area (Å²) >= 11 is 0. The number of aryl methyl sites for hydroxylation is 1. The molecule has 1 aliphatic carbocycles. The van der Waals surface area contributed by atoms with E-state index in [1.165, 1.54) is 29.5 Å². The fraction of sp³-hybridized carbons (Fsp3) is 0.308. The highest BCUT2D eigenvalue weighted by Gasteiger charge is 2.24. The van der Waals surface area contributed by atoms with Gasteiger partial charge in [0, 0.05) is 17.0 Å². The van der Waals surface area contributed by atoms with Gasteiger partial charge in [0.1, 0.15) is 0 Å². The third-order valence-electron chi connectivity index (χ3n) is 2.86. The maximum Gasteiger partial charge on any atom is 0.0705 e. The summed E-state index contributed by atoms with van der Waals surface area (Å²) in [6.45, 7) is 2.12. The molecule has 1 aromatic carbocycles. The Morgan fingerprint density at radius 2 is 2.00 bits per heavy atom. The van der Waals surface area contributed by atoms with Crippen LogP contribution in [-0.4, -0.2) is 4.98 Å². The topological polar surface area (TPSA) is 12.9 Å². The fourth-order valence-corrected chi connectivity index (χ4v) is 1.87. The van der Waals surface area contributed by atoms with Crippen LogP contribution in [0.25, 0.3) is 10.9 Å². The number of aromatic nitrogens is 1. The Morgan fingerprint density at radius 3 is 2.79 bits per heavy atom. The first-order valence-corrected chi connectivity index (χ1v) is 5.20. The summed E-state index contributed by atoms with van der Waals surface area (Å²) < 4.78 is 0. The highest BCUT2D eigenvalue weighted by molar-refractivity contribution is 5.79. The van der Waals surface area contributed by atoms with Gasteiger partial charge >= 0.3 is 0 Å². The Kier molecular flexibility index (Phi) is 1.60. The molecule has 2 aromatic rings. The van der Waals surface area contributed by atoms with Crippen molar-refractivity contribution in [2.75, 3.05) is 0 Å². The number of fused-ring (bicyclic) bond motifs is 1. The Morgan fingerprint density at radius 1 is 1.14 bits per heavy atom. The molecule has 3 rings (SSSR count). The molecule has 1 saturated carbocycles. The molecule has 0 atom stereocenters. The van der Waals surface area contributed by atoms with Crippen molar-refractivity contribution in [3.63, 3.8) is 0 Å². The lowest BCUT2D eigenvalue weighted by Crippen LogP contribution is -1.87. The van der Waals surface area contributed by atoms with Gasteiger partial charge in [-0.2, -0.15) is 0 Å². The van der Waals surface area contributed by atoms with Crippen molar-refractivity contribution >= 4 is 10.9 Å². The van der Waals surface area contributed by atoms with Crippen LogP contribution in [0.15, 0.2) is 30.3 Å². The van der Waals surface area contributed by atoms with Crippen molar-refractivity contribution < 1.29 is 0 Å². The van der Waals surface area contributed by atoms with E-state index in [1.807, 2.05) is 0 Å². The third-order valence-corrected chi connectivity index (χ3v) is 2.86. The predicted molar refractivity (Wildman–Crippen MR) is 58.5 cm³/mol. The minimum atomic E-state index is 0.751. The fourth-order valence-electron chi connectivity index (χ4n) is 1.87. The molecule has 0 spiro atoms. The second-order valence-corrected chi connectivity index (χ2v) is 4.21. The molecule has 0 amide bonds. The number of benzene rings is 1. The van der Waals surface area contributed by atoms with E-state index in [9.17, 15) is 0 Å². The Balaban J connectivity index is 2.18. The molecule has 0 radical (unpaired) electrons. The average molecular weight is 183 g/mol. The van der Waals surface area contributed by atoms with Crippen LogP contribution < -0.4 is 0 Å². The number of pyridine rings is 1. The zero-order valence-electron chi connectivity index (χ0n) is 8.33. The lowest BCUT2D eigenvalue weighted by atomic mass is 10.1. The lowest BCUT2D eigenvalue weighted by Gasteiger charge is -2.01. The van der Waals surface area contributed by atoms with Crippen LogP contribution in [0.1, 0.15) is 30.0 Å². The highest BCUT2D eigenvalue weighted by atomic mass is 14.7. The van der Waals surface area contributed by atoms with Gasteiger partial charge in [-0.05, 0) is 38.0 Å². The summed E-state index contributed by atoms with van der Waals surface area (Å²) in [6.07, 6.45) is 2.65. The van der Waals surface area contributed by atoms with Gasteiger partial charge in [-0.15, -0.1) is 0 Å². The third kappa shape index (κ3) is 1.29. The summed E-state index contributed by atoms with van der Waals surface area (Å²) in [6, 6.07) is 10.8. The van der Waals surface area contributed by atoms with Gasteiger partial charge in [0.25, 0.3) is 0 Å². The summed E-state index contributed by atoms with van der Waals surface area (Å²) in [5.41, 5.74) is 3.72. The zero-order valence-corrected chi connectivity index (χ0v) is 8.33. The maximum absolute atomic E-state index is 4.68. The van der Waals surface area contributed by atoms with E-state index < -0.39 is 0 Å². The smallest absolute Gasteiger partial charge is 0.0705 e. The van der Waals surface area contributed by atoms with Crippen molar-refractivity contribution in [2.45, 2.75) is 25.7 Å². The van der Waals surface area contributed by atoms with E-state index in [2.05, 4.69) is 42.2 Å². The molecule has 0 unspecified atom stereocenters. The lowest BCUT2D eigenvalue weighted by molar-refractivity contribution is 1.04. The van der Waals surface area contributed by atoms with E-state index in [1.54, 1.807) is 0 Å². The van der Waals surface area contributed by atoms with E-state index in [0.29, 0.717) is 0 Å². The molecule has 1 heterocycles. The quantitative estimate of drug-likeness (QED) is 0.660. The molecule has 0 aliphatic heterocycles. The summed E-state index contributed by atoms with van der Waals surface area (Å²) in [4.78, 5) is 4.68. The molecular formula is C13H13N. The molecule has 0 saturated heterocycles. The standard InChI is InChI=1S/C13H13N/c1-9-2-6-13-11(8-9)5-7-12(14-13)10-3-4-10/h2,5-8,10H,3-4H2,1H3. The molecule has 0 bridgehead atoms. The van der Waals surface area contributed by atoms with Gasteiger partial charge in [0.15, 0.2) is 0 Å². The molecular weight excluding hydrogens is 170 g/mol. The minimum Gasteiger partial charge on any atom is -0.253 e. The SMILES string of the molecule is Cc1ccc2nc(C3CC3)ccc2c1. The molecule has 0 N–H and O–H groups in total. The van der Waals surface area contributed by atoms with E-state index in [-0.39, 0.29) is 0 Å². The average Bonchev–Trinajstić information content (AvgIpc) is 3.00. The van der Waals surface area contributed by atoms with E-state index in [4.69, 9.17) is 0 Å². The van der Waals surface area contributed by atoms with Crippen LogP contribution in [0.4, 0.5) is 0 Å². The first-order chi connectivity index (χ1) is 6.83. The van der Waals surface area contributed by atoms with Crippen molar-refractivity contribution in [1.82, 2.24) is 4.98 Å². The first kappa shape index (κ1) is 7.98. The number of hydrogen-bond acceptors (Lipinski definition) is 1. The Hall–Kier alpha value is -1.37. The van der Waals surface area contributed by atoms with Crippen molar-refractivity contribution in [3.8, 4) is 0 Å². The number of hydrogen-bond donors (Lipinski definition) is 0. The summed E-state index contributed by atoms with van der Waals surface area (Å²) in [7, 11) is 0. The highest BCUT2D eigenvalue weighted by Crippen LogP contribution is 2.39. The second kappa shape index (κ2) is 2.81. The molecule has 1 heteroatoms. The predicted octanol–water partition coefficient (Wildman–Crippen LogP) is 3.42. The zero-order chi connectivity index (χ0) is 9.54. The van der Waals surface area contributed by atoms with Crippen molar-refractivity contribution in [1.29, 1.82) is 0 Å². The Labute approximate surface area is 83.8 Å². The van der Waals surface area contributed by atoms with Gasteiger partial charge in [-0.25, -0.2) is 0 Å². The van der Waals surface area contributed by atoms with Crippen molar-refractivity contribution in [3.05, 3.63) is 41.6 Å². The molecule has 1 nitrogen and oxygen atoms in total. The van der Waals surface area contributed by atoms with Crippen LogP contribution in [-0.2, 0) is 0 Å². The largest absolute Gasteiger partial charge is 0.253 e. The van der Waals surface area contributed by atoms with Crippen LogP contribution in [0.5, 0.6) is 0 Å². The molecule has 1 aliphatic rings. The van der Waals surface area contributed by atoms with Gasteiger partial charge in [0.05, 0.1) is 5.52 Å². The molecule has 1 fully saturated rings. The molecule has 14 heavy (non-hydrogen) atoms. The van der Waals surface area contributed by atoms with Gasteiger partial charge in [-0.1, -0.05) is 17.7 Å². The van der Waals surface area contributed by atoms with Gasteiger partial charge in [-0.3, -0.25) is 4.98 Å². The van der Waals surface area contributed by atoms with Gasteiger partial charge in [0.2, 0.25) is 0 Å². The second-order valence-electron chi connectivity index (χ2n) is 4.21. The number of rotatable bonds is 1. The normalized spacial score (nSPS) is 16.1. The van der Waals surface area contributed by atoms with E-state index in [0.717, 1.165) is 11.4 Å². The van der Waals surface area contributed by atoms with Crippen molar-refractivity contribution in [2.24, 2.45) is 0 Å². The van der Waals surface area contributed by atoms with Crippen LogP contribution in [0, 0.1) is 6.92 Å². The van der Waals surface area contributed by atoms with Crippen LogP contribution >= 0.6 is 0 Å². The van der Waals surface area contributed by atoms with Gasteiger partial charge < -0.3 is 0 Å². The summed E-state index contributed by atoms with van der Waals surface area (Å²) in [5, 5.41) is 1.26. The van der Waals surface area contributed by atoms with Crippen LogP contribution in [0.2, 0.25) is 0 Å². The minimum absolute atomic E-state index is 0.751. The maximum atomic E-state index is 4.68. The summed E-state index contributed by atoms with van der Waals surface area (Å²) in [5.74, 6) is 0.751. The van der Waals surface area contributed by atoms with E-state index >= 15 is 0 Å². The molecule has 1 aromatic heterocycles. The first-order valence-electron chi connectivity index (χ1n) is 5.20. The monoisotopic (exact) mass is 183 g/mol.